The third-order valence-corrected chi connectivity index (χ3v) is 9.08. The average Bonchev–Trinajstić information content (AvgIpc) is 3.62. The predicted molar refractivity (Wildman–Crippen MR) is 137 cm³/mol. The molecule has 38 heavy (non-hydrogen) atoms. The summed E-state index contributed by atoms with van der Waals surface area (Å²) < 4.78 is 0. The first-order valence-corrected chi connectivity index (χ1v) is 13.3. The number of amides is 5. The second kappa shape index (κ2) is 8.59. The van der Waals surface area contributed by atoms with Crippen molar-refractivity contribution in [2.75, 3.05) is 45.8 Å². The van der Waals surface area contributed by atoms with Crippen molar-refractivity contribution >= 4 is 40.3 Å². The maximum absolute atomic E-state index is 13.1. The zero-order chi connectivity index (χ0) is 26.1. The fraction of sp³-hybridized carbons (Fsp3) is 0.414. The van der Waals surface area contributed by atoms with Gasteiger partial charge in [-0.25, -0.2) is 0 Å². The minimum atomic E-state index is -0.445. The molecule has 2 aromatic carbocycles. The minimum Gasteiger partial charge on any atom is -0.339 e. The summed E-state index contributed by atoms with van der Waals surface area (Å²) in [4.78, 5) is 71.5. The Labute approximate surface area is 219 Å². The second-order valence-electron chi connectivity index (χ2n) is 11.0. The first kappa shape index (κ1) is 23.3. The molecule has 2 aromatic rings. The lowest BCUT2D eigenvalue weighted by Gasteiger charge is -2.36. The summed E-state index contributed by atoms with van der Waals surface area (Å²) in [7, 11) is 0. The zero-order valence-corrected chi connectivity index (χ0v) is 20.9. The summed E-state index contributed by atoms with van der Waals surface area (Å²) in [6.45, 7) is 2.78. The molecule has 3 fully saturated rings. The van der Waals surface area contributed by atoms with Gasteiger partial charge in [0.15, 0.2) is 0 Å². The van der Waals surface area contributed by atoms with Crippen LogP contribution in [0.1, 0.15) is 27.1 Å². The number of carbonyl (C=O) groups excluding carboxylic acids is 5. The maximum Gasteiger partial charge on any atom is 0.261 e. The van der Waals surface area contributed by atoms with Crippen molar-refractivity contribution in [3.8, 4) is 0 Å². The zero-order valence-electron chi connectivity index (χ0n) is 20.9. The highest BCUT2D eigenvalue weighted by molar-refractivity contribution is 6.26. The van der Waals surface area contributed by atoms with Crippen molar-refractivity contribution in [3.05, 3.63) is 59.7 Å². The number of fused-ring (bicyclic) bond motifs is 5. The molecular formula is C29H28N4O5. The van der Waals surface area contributed by atoms with E-state index in [0.29, 0.717) is 55.8 Å². The highest BCUT2D eigenvalue weighted by Gasteiger charge is 2.59. The molecule has 9 heteroatoms. The van der Waals surface area contributed by atoms with E-state index in [-0.39, 0.29) is 47.9 Å². The molecule has 2 saturated heterocycles. The molecule has 4 unspecified atom stereocenters. The summed E-state index contributed by atoms with van der Waals surface area (Å²) in [6.07, 6.45) is 5.12. The van der Waals surface area contributed by atoms with Crippen LogP contribution in [0.15, 0.2) is 48.6 Å². The van der Waals surface area contributed by atoms with Crippen molar-refractivity contribution in [1.29, 1.82) is 0 Å². The van der Waals surface area contributed by atoms with Gasteiger partial charge in [0.25, 0.3) is 11.8 Å². The molecule has 194 valence electrons. The van der Waals surface area contributed by atoms with Gasteiger partial charge >= 0.3 is 0 Å². The van der Waals surface area contributed by atoms with Crippen molar-refractivity contribution < 1.29 is 24.0 Å². The quantitative estimate of drug-likeness (QED) is 0.444. The van der Waals surface area contributed by atoms with Gasteiger partial charge in [-0.2, -0.15) is 0 Å². The molecule has 0 spiro atoms. The highest BCUT2D eigenvalue weighted by Crippen LogP contribution is 2.52. The van der Waals surface area contributed by atoms with Gasteiger partial charge in [-0.3, -0.25) is 38.7 Å². The topological polar surface area (TPSA) is 98.3 Å². The molecule has 3 heterocycles. The standard InChI is InChI=1S/C29H28N4O5/c34-22(16-33-26(35)20-5-1-3-17-4-2-6-21(23(17)20)27(33)36)31-12-9-30(10-13-31)11-14-32-28(37)24-18-7-8-19(15-18)25(24)29(32)38/h1-8,18-19,24-25H,9-16H2. The third kappa shape index (κ3) is 3.37. The minimum absolute atomic E-state index is 0.0289. The molecule has 5 amide bonds. The van der Waals surface area contributed by atoms with Crippen LogP contribution in [0.2, 0.25) is 0 Å². The van der Waals surface area contributed by atoms with Crippen LogP contribution < -0.4 is 0 Å². The number of allylic oxidation sites excluding steroid dienone is 2. The molecule has 0 radical (unpaired) electrons. The first-order chi connectivity index (χ1) is 18.4. The first-order valence-electron chi connectivity index (χ1n) is 13.3. The molecular weight excluding hydrogens is 484 g/mol. The lowest BCUT2D eigenvalue weighted by atomic mass is 9.85. The van der Waals surface area contributed by atoms with Crippen molar-refractivity contribution in [2.24, 2.45) is 23.7 Å². The Kier molecular flexibility index (Phi) is 5.26. The van der Waals surface area contributed by atoms with E-state index in [1.54, 1.807) is 29.2 Å². The van der Waals surface area contributed by atoms with Crippen LogP contribution in [0, 0.1) is 23.7 Å². The van der Waals surface area contributed by atoms with Gasteiger partial charge in [0, 0.05) is 55.8 Å². The molecule has 4 atom stereocenters. The Hall–Kier alpha value is -3.85. The summed E-state index contributed by atoms with van der Waals surface area (Å²) in [5, 5.41) is 1.47. The predicted octanol–water partition coefficient (Wildman–Crippen LogP) is 1.39. The number of hydrogen-bond donors (Lipinski definition) is 0. The van der Waals surface area contributed by atoms with E-state index in [9.17, 15) is 24.0 Å². The normalized spacial score (nSPS) is 28.3. The van der Waals surface area contributed by atoms with Crippen molar-refractivity contribution in [3.63, 3.8) is 0 Å². The summed E-state index contributed by atoms with van der Waals surface area (Å²) >= 11 is 0. The summed E-state index contributed by atoms with van der Waals surface area (Å²) in [5.74, 6) is -1.14. The van der Waals surface area contributed by atoms with Crippen molar-refractivity contribution in [1.82, 2.24) is 19.6 Å². The van der Waals surface area contributed by atoms with Gasteiger partial charge in [0.05, 0.1) is 11.8 Å². The fourth-order valence-electron chi connectivity index (χ4n) is 7.11. The molecule has 2 bridgehead atoms. The lowest BCUT2D eigenvalue weighted by molar-refractivity contribution is -0.141. The Morgan fingerprint density at radius 1 is 0.737 bits per heavy atom. The van der Waals surface area contributed by atoms with Gasteiger partial charge in [0.2, 0.25) is 17.7 Å². The van der Waals surface area contributed by atoms with Crippen LogP contribution in [0.4, 0.5) is 0 Å². The SMILES string of the molecule is O=C(CN1C(=O)c2cccc3cccc(c23)C1=O)N1CCN(CCN2C(=O)C3C4C=CC(C4)C3C2=O)CC1. The Morgan fingerprint density at radius 2 is 1.32 bits per heavy atom. The Bertz CT molecular complexity index is 1360. The maximum atomic E-state index is 13.1. The number of benzene rings is 2. The molecule has 3 aliphatic heterocycles. The second-order valence-corrected chi connectivity index (χ2v) is 11.0. The fourth-order valence-corrected chi connectivity index (χ4v) is 7.11. The number of imide groups is 2. The van der Waals surface area contributed by atoms with E-state index in [1.165, 1.54) is 4.90 Å². The molecule has 1 saturated carbocycles. The van der Waals surface area contributed by atoms with Crippen LogP contribution in [0.25, 0.3) is 10.8 Å². The monoisotopic (exact) mass is 512 g/mol. The molecule has 5 aliphatic rings. The van der Waals surface area contributed by atoms with Gasteiger partial charge in [-0.1, -0.05) is 36.4 Å². The number of hydrogen-bond acceptors (Lipinski definition) is 6. The number of piperazine rings is 1. The van der Waals surface area contributed by atoms with Crippen LogP contribution in [-0.4, -0.2) is 94.9 Å². The number of carbonyl (C=O) groups is 5. The number of nitrogens with zero attached hydrogens (tertiary/aromatic N) is 4. The Morgan fingerprint density at radius 3 is 1.89 bits per heavy atom. The number of rotatable bonds is 5. The lowest BCUT2D eigenvalue weighted by Crippen LogP contribution is -2.54. The molecule has 0 N–H and O–H groups in total. The van der Waals surface area contributed by atoms with Gasteiger partial charge in [-0.15, -0.1) is 0 Å². The summed E-state index contributed by atoms with van der Waals surface area (Å²) in [6, 6.07) is 10.7. The van der Waals surface area contributed by atoms with Gasteiger partial charge in [-0.05, 0) is 35.8 Å². The number of likely N-dealkylation sites (tertiary alicyclic amines) is 1. The van der Waals surface area contributed by atoms with E-state index in [0.717, 1.165) is 16.7 Å². The Balaban J connectivity index is 0.948. The molecule has 2 aliphatic carbocycles. The van der Waals surface area contributed by atoms with Crippen molar-refractivity contribution in [2.45, 2.75) is 6.42 Å². The van der Waals surface area contributed by atoms with Crippen LogP contribution >= 0.6 is 0 Å². The third-order valence-electron chi connectivity index (χ3n) is 9.08. The van der Waals surface area contributed by atoms with Crippen LogP contribution in [-0.2, 0) is 14.4 Å². The van der Waals surface area contributed by atoms with E-state index in [4.69, 9.17) is 0 Å². The smallest absolute Gasteiger partial charge is 0.261 e. The van der Waals surface area contributed by atoms with Gasteiger partial charge in [0.1, 0.15) is 6.54 Å². The average molecular weight is 513 g/mol. The largest absolute Gasteiger partial charge is 0.339 e. The van der Waals surface area contributed by atoms with Gasteiger partial charge < -0.3 is 4.90 Å². The van der Waals surface area contributed by atoms with E-state index in [2.05, 4.69) is 17.1 Å². The van der Waals surface area contributed by atoms with Crippen LogP contribution in [0.3, 0.4) is 0 Å². The van der Waals surface area contributed by atoms with Crippen LogP contribution in [0.5, 0.6) is 0 Å². The van der Waals surface area contributed by atoms with E-state index < -0.39 is 11.8 Å². The molecule has 0 aromatic heterocycles. The molecule has 7 rings (SSSR count). The summed E-state index contributed by atoms with van der Waals surface area (Å²) in [5.41, 5.74) is 0.878. The van der Waals surface area contributed by atoms with E-state index in [1.807, 2.05) is 12.1 Å². The molecule has 9 nitrogen and oxygen atoms in total. The van der Waals surface area contributed by atoms with E-state index >= 15 is 0 Å². The highest BCUT2D eigenvalue weighted by atomic mass is 16.2.